The molecular weight excluding hydrogens is 254 g/mol. The number of carbonyl (C=O) groups is 1. The molecule has 0 aliphatic heterocycles. The Morgan fingerprint density at radius 3 is 2.65 bits per heavy atom. The number of nitrogens with zero attached hydrogens (tertiary/aromatic N) is 2. The minimum absolute atomic E-state index is 0.145. The Hall–Kier alpha value is -2.43. The summed E-state index contributed by atoms with van der Waals surface area (Å²) in [6, 6.07) is 6.87. The Labute approximate surface area is 117 Å². The highest BCUT2D eigenvalue weighted by molar-refractivity contribution is 5.94. The van der Waals surface area contributed by atoms with Crippen molar-refractivity contribution in [2.24, 2.45) is 0 Å². The highest BCUT2D eigenvalue weighted by Gasteiger charge is 2.12. The molecule has 2 rings (SSSR count). The van der Waals surface area contributed by atoms with Gasteiger partial charge >= 0.3 is 0 Å². The quantitative estimate of drug-likeness (QED) is 0.914. The summed E-state index contributed by atoms with van der Waals surface area (Å²) < 4.78 is 0. The number of rotatable bonds is 4. The van der Waals surface area contributed by atoms with Crippen molar-refractivity contribution in [3.8, 4) is 0 Å². The van der Waals surface area contributed by atoms with Crippen molar-refractivity contribution in [3.05, 3.63) is 63.8 Å². The van der Waals surface area contributed by atoms with Crippen LogP contribution in [0.1, 0.15) is 21.6 Å². The summed E-state index contributed by atoms with van der Waals surface area (Å²) >= 11 is 0. The van der Waals surface area contributed by atoms with Gasteiger partial charge in [-0.2, -0.15) is 0 Å². The van der Waals surface area contributed by atoms with Gasteiger partial charge in [0.2, 0.25) is 5.56 Å². The molecule has 0 spiro atoms. The summed E-state index contributed by atoms with van der Waals surface area (Å²) in [6.45, 7) is 2.35. The molecule has 0 unspecified atom stereocenters. The summed E-state index contributed by atoms with van der Waals surface area (Å²) in [6.07, 6.45) is 4.22. The molecule has 0 aromatic carbocycles. The number of pyridine rings is 2. The van der Waals surface area contributed by atoms with Crippen LogP contribution in [0.4, 0.5) is 0 Å². The molecule has 20 heavy (non-hydrogen) atoms. The number of likely N-dealkylation sites (N-methyl/N-ethyl adjacent to an activating group) is 1. The van der Waals surface area contributed by atoms with Crippen LogP contribution in [0.5, 0.6) is 0 Å². The molecule has 2 aromatic heterocycles. The molecule has 104 valence electrons. The van der Waals surface area contributed by atoms with E-state index >= 15 is 0 Å². The molecule has 0 radical (unpaired) electrons. The van der Waals surface area contributed by atoms with Crippen LogP contribution < -0.4 is 5.56 Å². The smallest absolute Gasteiger partial charge is 0.253 e. The average molecular weight is 271 g/mol. The maximum Gasteiger partial charge on any atom is 0.253 e. The summed E-state index contributed by atoms with van der Waals surface area (Å²) in [5.74, 6) is -0.145. The fraction of sp³-hybridized carbons (Fsp3) is 0.267. The lowest BCUT2D eigenvalue weighted by Crippen LogP contribution is -2.29. The average Bonchev–Trinajstić information content (AvgIpc) is 2.44. The largest absolute Gasteiger partial charge is 0.341 e. The lowest BCUT2D eigenvalue weighted by atomic mass is 10.1. The minimum atomic E-state index is -0.254. The molecule has 0 aliphatic rings. The zero-order chi connectivity index (χ0) is 14.5. The van der Waals surface area contributed by atoms with E-state index in [-0.39, 0.29) is 11.5 Å². The Bertz CT molecular complexity index is 650. The maximum atomic E-state index is 12.2. The zero-order valence-electron chi connectivity index (χ0n) is 11.6. The van der Waals surface area contributed by atoms with E-state index in [9.17, 15) is 9.59 Å². The van der Waals surface area contributed by atoms with Gasteiger partial charge in [-0.3, -0.25) is 14.6 Å². The SMILES string of the molecule is Cc1cc(C(=O)N(C)CCc2ccncc2)cc(=O)[nH]1. The summed E-state index contributed by atoms with van der Waals surface area (Å²) in [7, 11) is 1.74. The van der Waals surface area contributed by atoms with Crippen molar-refractivity contribution < 1.29 is 4.79 Å². The van der Waals surface area contributed by atoms with Crippen molar-refractivity contribution in [1.82, 2.24) is 14.9 Å². The number of amides is 1. The zero-order valence-corrected chi connectivity index (χ0v) is 11.6. The highest BCUT2D eigenvalue weighted by atomic mass is 16.2. The van der Waals surface area contributed by atoms with Gasteiger partial charge in [0.25, 0.3) is 5.91 Å². The molecule has 0 saturated heterocycles. The van der Waals surface area contributed by atoms with E-state index in [1.54, 1.807) is 37.3 Å². The van der Waals surface area contributed by atoms with Gasteiger partial charge in [-0.1, -0.05) is 0 Å². The lowest BCUT2D eigenvalue weighted by molar-refractivity contribution is 0.0796. The van der Waals surface area contributed by atoms with Gasteiger partial charge in [-0.15, -0.1) is 0 Å². The predicted molar refractivity (Wildman–Crippen MR) is 76.7 cm³/mol. The predicted octanol–water partition coefficient (Wildman–Crippen LogP) is 1.39. The number of hydrogen-bond acceptors (Lipinski definition) is 3. The molecule has 2 heterocycles. The number of nitrogens with one attached hydrogen (secondary N) is 1. The van der Waals surface area contributed by atoms with Crippen molar-refractivity contribution >= 4 is 5.91 Å². The van der Waals surface area contributed by atoms with Crippen LogP contribution in [0.15, 0.2) is 41.5 Å². The van der Waals surface area contributed by atoms with E-state index in [2.05, 4.69) is 9.97 Å². The van der Waals surface area contributed by atoms with Crippen LogP contribution in [-0.4, -0.2) is 34.4 Å². The standard InChI is InChI=1S/C15H17N3O2/c1-11-9-13(10-14(19)17-11)15(20)18(2)8-5-12-3-6-16-7-4-12/h3-4,6-7,9-10H,5,8H2,1-2H3,(H,17,19). The maximum absolute atomic E-state index is 12.2. The number of aryl methyl sites for hydroxylation is 1. The van der Waals surface area contributed by atoms with Gasteiger partial charge in [0, 0.05) is 43.3 Å². The first-order valence-electron chi connectivity index (χ1n) is 6.41. The molecule has 0 atom stereocenters. The van der Waals surface area contributed by atoms with Crippen LogP contribution in [0.2, 0.25) is 0 Å². The highest BCUT2D eigenvalue weighted by Crippen LogP contribution is 2.04. The van der Waals surface area contributed by atoms with Crippen molar-refractivity contribution in [2.45, 2.75) is 13.3 Å². The summed E-state index contributed by atoms with van der Waals surface area (Å²) in [4.78, 5) is 31.8. The lowest BCUT2D eigenvalue weighted by Gasteiger charge is -2.17. The van der Waals surface area contributed by atoms with Crippen LogP contribution in [0.25, 0.3) is 0 Å². The van der Waals surface area contributed by atoms with Crippen LogP contribution in [-0.2, 0) is 6.42 Å². The molecule has 5 nitrogen and oxygen atoms in total. The molecule has 2 aromatic rings. The van der Waals surface area contributed by atoms with Gasteiger partial charge in [-0.05, 0) is 37.1 Å². The number of hydrogen-bond donors (Lipinski definition) is 1. The fourth-order valence-electron chi connectivity index (χ4n) is 1.97. The van der Waals surface area contributed by atoms with E-state index in [1.807, 2.05) is 12.1 Å². The van der Waals surface area contributed by atoms with Gasteiger partial charge in [0.1, 0.15) is 0 Å². The second-order valence-electron chi connectivity index (χ2n) is 4.75. The third kappa shape index (κ3) is 3.54. The first-order valence-corrected chi connectivity index (χ1v) is 6.41. The minimum Gasteiger partial charge on any atom is -0.341 e. The Morgan fingerprint density at radius 1 is 1.30 bits per heavy atom. The van der Waals surface area contributed by atoms with Crippen LogP contribution >= 0.6 is 0 Å². The first kappa shape index (κ1) is 14.0. The van der Waals surface area contributed by atoms with E-state index in [0.717, 1.165) is 12.0 Å². The van der Waals surface area contributed by atoms with Gasteiger partial charge in [0.05, 0.1) is 0 Å². The second-order valence-corrected chi connectivity index (χ2v) is 4.75. The Kier molecular flexibility index (Phi) is 4.30. The number of carbonyl (C=O) groups excluding carboxylic acids is 1. The summed E-state index contributed by atoms with van der Waals surface area (Å²) in [5, 5.41) is 0. The van der Waals surface area contributed by atoms with Crippen molar-refractivity contribution in [2.75, 3.05) is 13.6 Å². The first-order chi connectivity index (χ1) is 9.56. The van der Waals surface area contributed by atoms with E-state index in [4.69, 9.17) is 0 Å². The van der Waals surface area contributed by atoms with Crippen molar-refractivity contribution in [1.29, 1.82) is 0 Å². The van der Waals surface area contributed by atoms with E-state index in [1.165, 1.54) is 6.07 Å². The Balaban J connectivity index is 2.03. The molecule has 0 bridgehead atoms. The van der Waals surface area contributed by atoms with Gasteiger partial charge in [-0.25, -0.2) is 0 Å². The molecule has 1 amide bonds. The normalized spacial score (nSPS) is 10.3. The molecule has 5 heteroatoms. The molecule has 1 N–H and O–H groups in total. The molecule has 0 saturated carbocycles. The third-order valence-electron chi connectivity index (χ3n) is 3.06. The molecule has 0 aliphatic carbocycles. The number of H-pyrrole nitrogens is 1. The van der Waals surface area contributed by atoms with Crippen LogP contribution in [0.3, 0.4) is 0 Å². The van der Waals surface area contributed by atoms with Crippen LogP contribution in [0, 0.1) is 6.92 Å². The summed E-state index contributed by atoms with van der Waals surface area (Å²) in [5.41, 5.74) is 1.98. The number of aromatic nitrogens is 2. The molecular formula is C15H17N3O2. The topological polar surface area (TPSA) is 66.1 Å². The fourth-order valence-corrected chi connectivity index (χ4v) is 1.97. The van der Waals surface area contributed by atoms with Gasteiger partial charge < -0.3 is 9.88 Å². The number of aromatic amines is 1. The third-order valence-corrected chi connectivity index (χ3v) is 3.06. The molecule has 0 fully saturated rings. The van der Waals surface area contributed by atoms with Gasteiger partial charge in [0.15, 0.2) is 0 Å². The second kappa shape index (κ2) is 6.14. The Morgan fingerprint density at radius 2 is 2.00 bits per heavy atom. The van der Waals surface area contributed by atoms with Crippen molar-refractivity contribution in [3.63, 3.8) is 0 Å². The monoisotopic (exact) mass is 271 g/mol. The van der Waals surface area contributed by atoms with E-state index < -0.39 is 0 Å². The van der Waals surface area contributed by atoms with E-state index in [0.29, 0.717) is 17.8 Å².